The average molecular weight is 426 g/mol. The molecule has 2 aromatic rings. The van der Waals surface area contributed by atoms with Crippen LogP contribution in [0.1, 0.15) is 36.2 Å². The van der Waals surface area contributed by atoms with Crippen LogP contribution in [0.5, 0.6) is 11.5 Å². The van der Waals surface area contributed by atoms with Crippen LogP contribution in [-0.2, 0) is 0 Å². The molecule has 2 aliphatic heterocycles. The first-order valence-electron chi connectivity index (χ1n) is 7.65. The fraction of sp³-hybridized carbons (Fsp3) is 0.333. The molecule has 4 rings (SSSR count). The maximum absolute atomic E-state index is 9.60. The molecular formula is C18H19IO4. The van der Waals surface area contributed by atoms with Crippen LogP contribution < -0.4 is 9.47 Å². The Morgan fingerprint density at radius 3 is 2.13 bits per heavy atom. The molecule has 0 saturated carbocycles. The van der Waals surface area contributed by atoms with Gasteiger partial charge in [0.05, 0.1) is 25.4 Å². The number of rotatable bonds is 0. The Bertz CT molecular complexity index is 674. The Morgan fingerprint density at radius 2 is 1.43 bits per heavy atom. The van der Waals surface area contributed by atoms with Gasteiger partial charge in [0.15, 0.2) is 0 Å². The minimum atomic E-state index is -0.344. The van der Waals surface area contributed by atoms with Crippen molar-refractivity contribution in [3.63, 3.8) is 0 Å². The fourth-order valence-corrected chi connectivity index (χ4v) is 3.19. The van der Waals surface area contributed by atoms with Gasteiger partial charge in [-0.25, -0.2) is 0 Å². The van der Waals surface area contributed by atoms with Crippen molar-refractivity contribution in [3.8, 4) is 11.5 Å². The van der Waals surface area contributed by atoms with E-state index in [0.29, 0.717) is 26.1 Å². The first kappa shape index (κ1) is 16.5. The van der Waals surface area contributed by atoms with E-state index in [1.54, 1.807) is 0 Å². The van der Waals surface area contributed by atoms with Gasteiger partial charge in [-0.3, -0.25) is 0 Å². The van der Waals surface area contributed by atoms with E-state index in [2.05, 4.69) is 22.6 Å². The highest BCUT2D eigenvalue weighted by Crippen LogP contribution is 2.33. The van der Waals surface area contributed by atoms with Gasteiger partial charge in [0.2, 0.25) is 0 Å². The lowest BCUT2D eigenvalue weighted by molar-refractivity contribution is 0.115. The highest BCUT2D eigenvalue weighted by atomic mass is 127. The van der Waals surface area contributed by atoms with Gasteiger partial charge in [-0.1, -0.05) is 18.2 Å². The summed E-state index contributed by atoms with van der Waals surface area (Å²) >= 11 is 2.23. The van der Waals surface area contributed by atoms with Crippen LogP contribution in [-0.4, -0.2) is 23.4 Å². The van der Waals surface area contributed by atoms with Crippen LogP contribution in [0.25, 0.3) is 0 Å². The van der Waals surface area contributed by atoms with Crippen molar-refractivity contribution in [3.05, 3.63) is 57.2 Å². The average Bonchev–Trinajstić information content (AvgIpc) is 2.57. The van der Waals surface area contributed by atoms with E-state index in [1.165, 1.54) is 0 Å². The van der Waals surface area contributed by atoms with Crippen LogP contribution in [0.15, 0.2) is 42.5 Å². The van der Waals surface area contributed by atoms with Crippen LogP contribution in [0, 0.1) is 3.57 Å². The van der Waals surface area contributed by atoms with E-state index in [4.69, 9.17) is 9.47 Å². The lowest BCUT2D eigenvalue weighted by Gasteiger charge is -2.21. The summed E-state index contributed by atoms with van der Waals surface area (Å²) in [5.41, 5.74) is 1.84. The lowest BCUT2D eigenvalue weighted by Crippen LogP contribution is -2.13. The van der Waals surface area contributed by atoms with Crippen LogP contribution in [0.4, 0.5) is 0 Å². The minimum absolute atomic E-state index is 0.333. The predicted octanol–water partition coefficient (Wildman–Crippen LogP) is 3.61. The van der Waals surface area contributed by atoms with Gasteiger partial charge in [-0.05, 0) is 46.9 Å². The van der Waals surface area contributed by atoms with Crippen molar-refractivity contribution in [1.82, 2.24) is 0 Å². The number of benzene rings is 2. The number of aliphatic hydroxyl groups is 2. The topological polar surface area (TPSA) is 58.9 Å². The summed E-state index contributed by atoms with van der Waals surface area (Å²) in [5.74, 6) is 1.65. The summed E-state index contributed by atoms with van der Waals surface area (Å²) in [6.07, 6.45) is 0.729. The largest absolute Gasteiger partial charge is 0.493 e. The number of ether oxygens (including phenoxy) is 2. The van der Waals surface area contributed by atoms with Gasteiger partial charge in [0.1, 0.15) is 11.5 Å². The Kier molecular flexibility index (Phi) is 5.40. The number of para-hydroxylation sites is 1. The SMILES string of the molecule is OC1CCOc2ccc(I)cc21.OC1CCOc2ccccc21. The number of hydrogen-bond donors (Lipinski definition) is 2. The molecule has 0 saturated heterocycles. The molecule has 0 bridgehead atoms. The smallest absolute Gasteiger partial charge is 0.125 e. The molecule has 0 spiro atoms. The Balaban J connectivity index is 0.000000136. The molecule has 5 heteroatoms. The predicted molar refractivity (Wildman–Crippen MR) is 95.7 cm³/mol. The summed E-state index contributed by atoms with van der Waals surface area (Å²) in [5, 5.41) is 19.1. The molecule has 2 unspecified atom stereocenters. The van der Waals surface area contributed by atoms with Crippen LogP contribution in [0.2, 0.25) is 0 Å². The number of hydrogen-bond acceptors (Lipinski definition) is 4. The Morgan fingerprint density at radius 1 is 0.826 bits per heavy atom. The molecule has 122 valence electrons. The van der Waals surface area contributed by atoms with Gasteiger partial charge in [0, 0.05) is 27.5 Å². The maximum atomic E-state index is 9.60. The summed E-state index contributed by atoms with van der Waals surface area (Å²) < 4.78 is 11.9. The molecule has 0 radical (unpaired) electrons. The second-order valence-corrected chi connectivity index (χ2v) is 6.77. The minimum Gasteiger partial charge on any atom is -0.493 e. The summed E-state index contributed by atoms with van der Waals surface area (Å²) in [6, 6.07) is 13.5. The normalized spacial score (nSPS) is 21.7. The van der Waals surface area contributed by atoms with Gasteiger partial charge in [0.25, 0.3) is 0 Å². The number of aliphatic hydroxyl groups excluding tert-OH is 2. The van der Waals surface area contributed by atoms with Crippen LogP contribution in [0.3, 0.4) is 0 Å². The molecule has 0 aliphatic carbocycles. The molecule has 0 aromatic heterocycles. The molecule has 0 amide bonds. The van der Waals surface area contributed by atoms with E-state index in [1.807, 2.05) is 42.5 Å². The molecular weight excluding hydrogens is 407 g/mol. The van der Waals surface area contributed by atoms with Crippen molar-refractivity contribution >= 4 is 22.6 Å². The maximum Gasteiger partial charge on any atom is 0.125 e. The fourth-order valence-electron chi connectivity index (χ4n) is 2.67. The standard InChI is InChI=1S/C9H9IO2.C9H10O2/c10-6-1-2-9-7(5-6)8(11)3-4-12-9;10-8-5-6-11-9-4-2-1-3-7(8)9/h1-2,5,8,11H,3-4H2;1-4,8,10H,5-6H2. The zero-order valence-electron chi connectivity index (χ0n) is 12.6. The molecule has 2 N–H and O–H groups in total. The molecule has 4 nitrogen and oxygen atoms in total. The Labute approximate surface area is 149 Å². The third-order valence-electron chi connectivity index (χ3n) is 3.91. The quantitative estimate of drug-likeness (QED) is 0.633. The molecule has 0 fully saturated rings. The first-order valence-corrected chi connectivity index (χ1v) is 8.73. The summed E-state index contributed by atoms with van der Waals surface area (Å²) in [4.78, 5) is 0. The van der Waals surface area contributed by atoms with E-state index in [9.17, 15) is 10.2 Å². The van der Waals surface area contributed by atoms with Gasteiger partial charge >= 0.3 is 0 Å². The van der Waals surface area contributed by atoms with Gasteiger partial charge < -0.3 is 19.7 Å². The molecule has 2 heterocycles. The second kappa shape index (κ2) is 7.51. The van der Waals surface area contributed by atoms with Crippen molar-refractivity contribution in [2.75, 3.05) is 13.2 Å². The van der Waals surface area contributed by atoms with E-state index in [0.717, 1.165) is 26.2 Å². The zero-order chi connectivity index (χ0) is 16.2. The van der Waals surface area contributed by atoms with Crippen molar-refractivity contribution in [2.24, 2.45) is 0 Å². The summed E-state index contributed by atoms with van der Waals surface area (Å²) in [7, 11) is 0. The van der Waals surface area contributed by atoms with Crippen molar-refractivity contribution in [1.29, 1.82) is 0 Å². The Hall–Kier alpha value is -1.31. The van der Waals surface area contributed by atoms with E-state index >= 15 is 0 Å². The monoisotopic (exact) mass is 426 g/mol. The second-order valence-electron chi connectivity index (χ2n) is 5.53. The van der Waals surface area contributed by atoms with E-state index < -0.39 is 0 Å². The highest BCUT2D eigenvalue weighted by molar-refractivity contribution is 14.1. The van der Waals surface area contributed by atoms with Crippen molar-refractivity contribution in [2.45, 2.75) is 25.0 Å². The zero-order valence-corrected chi connectivity index (χ0v) is 14.8. The first-order chi connectivity index (χ1) is 11.1. The number of halogens is 1. The van der Waals surface area contributed by atoms with Crippen molar-refractivity contribution < 1.29 is 19.7 Å². The highest BCUT2D eigenvalue weighted by Gasteiger charge is 2.19. The lowest BCUT2D eigenvalue weighted by atomic mass is 10.0. The molecule has 23 heavy (non-hydrogen) atoms. The summed E-state index contributed by atoms with van der Waals surface area (Å²) in [6.45, 7) is 1.24. The molecule has 2 aliphatic rings. The van der Waals surface area contributed by atoms with E-state index in [-0.39, 0.29) is 12.2 Å². The molecule has 2 atom stereocenters. The molecule has 2 aromatic carbocycles. The number of fused-ring (bicyclic) bond motifs is 2. The third-order valence-corrected chi connectivity index (χ3v) is 4.58. The van der Waals surface area contributed by atoms with Crippen LogP contribution >= 0.6 is 22.6 Å². The van der Waals surface area contributed by atoms with Gasteiger partial charge in [-0.2, -0.15) is 0 Å². The van der Waals surface area contributed by atoms with Gasteiger partial charge in [-0.15, -0.1) is 0 Å². The third kappa shape index (κ3) is 3.97.